The lowest BCUT2D eigenvalue weighted by molar-refractivity contribution is 0.0510. The summed E-state index contributed by atoms with van der Waals surface area (Å²) in [6.45, 7) is 2.11. The first-order valence-corrected chi connectivity index (χ1v) is 3.99. The Bertz CT molecular complexity index is 276. The molecule has 0 aromatic carbocycles. The van der Waals surface area contributed by atoms with E-state index in [0.29, 0.717) is 17.3 Å². The monoisotopic (exact) mass is 186 g/mol. The Morgan fingerprint density at radius 1 is 1.83 bits per heavy atom. The summed E-state index contributed by atoms with van der Waals surface area (Å²) in [6, 6.07) is 0. The van der Waals surface area contributed by atoms with E-state index in [1.165, 1.54) is 6.33 Å². The lowest BCUT2D eigenvalue weighted by Crippen LogP contribution is -2.10. The summed E-state index contributed by atoms with van der Waals surface area (Å²) >= 11 is 4.02. The summed E-state index contributed by atoms with van der Waals surface area (Å²) in [5, 5.41) is 0.399. The number of aryl methyl sites for hydroxylation is 1. The van der Waals surface area contributed by atoms with Crippen molar-refractivity contribution >= 4 is 18.6 Å². The number of hydrogen-bond acceptors (Lipinski definition) is 4. The highest BCUT2D eigenvalue weighted by atomic mass is 32.1. The Hall–Kier alpha value is -0.970. The van der Waals surface area contributed by atoms with Gasteiger partial charge in [0.2, 0.25) is 0 Å². The van der Waals surface area contributed by atoms with Gasteiger partial charge in [0.15, 0.2) is 5.69 Å². The van der Waals surface area contributed by atoms with Gasteiger partial charge in [-0.2, -0.15) is 0 Å². The van der Waals surface area contributed by atoms with E-state index in [-0.39, 0.29) is 5.97 Å². The molecule has 0 spiro atoms. The van der Waals surface area contributed by atoms with Crippen molar-refractivity contribution in [2.75, 3.05) is 6.61 Å². The lowest BCUT2D eigenvalue weighted by atomic mass is 10.5. The van der Waals surface area contributed by atoms with E-state index in [1.807, 2.05) is 0 Å². The van der Waals surface area contributed by atoms with Gasteiger partial charge in [0.25, 0.3) is 0 Å². The largest absolute Gasteiger partial charge is 0.461 e. The fourth-order valence-corrected chi connectivity index (χ4v) is 1.15. The maximum atomic E-state index is 11.2. The normalized spacial score (nSPS) is 9.92. The molecule has 1 aromatic rings. The summed E-state index contributed by atoms with van der Waals surface area (Å²) < 4.78 is 6.38. The van der Waals surface area contributed by atoms with Gasteiger partial charge >= 0.3 is 5.97 Å². The molecule has 0 bridgehead atoms. The molecule has 1 aromatic heterocycles. The molecule has 0 atom stereocenters. The zero-order chi connectivity index (χ0) is 9.14. The van der Waals surface area contributed by atoms with E-state index in [2.05, 4.69) is 17.6 Å². The van der Waals surface area contributed by atoms with Gasteiger partial charge in [0.1, 0.15) is 5.03 Å². The molecular formula is C7H10N2O2S. The van der Waals surface area contributed by atoms with Crippen molar-refractivity contribution in [2.24, 2.45) is 7.05 Å². The topological polar surface area (TPSA) is 44.1 Å². The number of nitrogens with zero attached hydrogens (tertiary/aromatic N) is 2. The van der Waals surface area contributed by atoms with Crippen LogP contribution in [0.25, 0.3) is 0 Å². The molecule has 5 heteroatoms. The Morgan fingerprint density at radius 2 is 2.50 bits per heavy atom. The van der Waals surface area contributed by atoms with E-state index in [9.17, 15) is 4.79 Å². The molecule has 0 radical (unpaired) electrons. The van der Waals surface area contributed by atoms with E-state index >= 15 is 0 Å². The third-order valence-corrected chi connectivity index (χ3v) is 1.71. The fourth-order valence-electron chi connectivity index (χ4n) is 0.853. The molecule has 0 aliphatic heterocycles. The maximum Gasteiger partial charge on any atom is 0.357 e. The highest BCUT2D eigenvalue weighted by molar-refractivity contribution is 7.80. The fraction of sp³-hybridized carbons (Fsp3) is 0.429. The summed E-state index contributed by atoms with van der Waals surface area (Å²) in [5.74, 6) is -0.387. The first-order chi connectivity index (χ1) is 5.66. The number of hydrogen-bond donors (Lipinski definition) is 1. The maximum absolute atomic E-state index is 11.2. The van der Waals surface area contributed by atoms with Crippen LogP contribution in [0.15, 0.2) is 11.4 Å². The van der Waals surface area contributed by atoms with Crippen LogP contribution in [0.2, 0.25) is 0 Å². The van der Waals surface area contributed by atoms with Crippen LogP contribution in [0.3, 0.4) is 0 Å². The first kappa shape index (κ1) is 9.12. The molecule has 12 heavy (non-hydrogen) atoms. The molecule has 0 saturated heterocycles. The van der Waals surface area contributed by atoms with Crippen molar-refractivity contribution in [1.29, 1.82) is 0 Å². The highest BCUT2D eigenvalue weighted by Crippen LogP contribution is 2.11. The smallest absolute Gasteiger partial charge is 0.357 e. The van der Waals surface area contributed by atoms with Gasteiger partial charge in [-0.25, -0.2) is 9.78 Å². The standard InChI is InChI=1S/C7H10N2O2S/c1-3-11-7(10)5-6(12)8-4-9(5)2/h4,12H,3H2,1-2H3. The summed E-state index contributed by atoms with van der Waals surface area (Å²) in [7, 11) is 1.72. The van der Waals surface area contributed by atoms with Crippen molar-refractivity contribution in [2.45, 2.75) is 11.9 Å². The zero-order valence-corrected chi connectivity index (χ0v) is 7.84. The number of thiol groups is 1. The minimum absolute atomic E-state index is 0.358. The van der Waals surface area contributed by atoms with E-state index in [1.54, 1.807) is 18.5 Å². The van der Waals surface area contributed by atoms with Crippen molar-refractivity contribution in [1.82, 2.24) is 9.55 Å². The quantitative estimate of drug-likeness (QED) is 0.551. The van der Waals surface area contributed by atoms with Gasteiger partial charge in [0, 0.05) is 7.05 Å². The van der Waals surface area contributed by atoms with Gasteiger partial charge in [-0.15, -0.1) is 12.6 Å². The number of carbonyl (C=O) groups excluding carboxylic acids is 1. The van der Waals surface area contributed by atoms with Crippen LogP contribution in [0.4, 0.5) is 0 Å². The molecule has 0 amide bonds. The summed E-state index contributed by atoms with van der Waals surface area (Å²) in [4.78, 5) is 15.1. The number of rotatable bonds is 2. The first-order valence-electron chi connectivity index (χ1n) is 3.54. The molecule has 0 N–H and O–H groups in total. The second-order valence-corrected chi connectivity index (χ2v) is 2.67. The van der Waals surface area contributed by atoms with Crippen molar-refractivity contribution in [3.63, 3.8) is 0 Å². The molecule has 0 aliphatic rings. The Kier molecular flexibility index (Phi) is 2.75. The number of aromatic nitrogens is 2. The molecule has 66 valence electrons. The van der Waals surface area contributed by atoms with Crippen LogP contribution in [0.5, 0.6) is 0 Å². The lowest BCUT2D eigenvalue weighted by Gasteiger charge is -2.01. The molecule has 0 unspecified atom stereocenters. The number of imidazole rings is 1. The predicted octanol–water partition coefficient (Wildman–Crippen LogP) is 0.885. The number of carbonyl (C=O) groups is 1. The predicted molar refractivity (Wildman–Crippen MR) is 46.4 cm³/mol. The van der Waals surface area contributed by atoms with Crippen molar-refractivity contribution < 1.29 is 9.53 Å². The van der Waals surface area contributed by atoms with Gasteiger partial charge in [-0.05, 0) is 6.92 Å². The average molecular weight is 186 g/mol. The third kappa shape index (κ3) is 1.61. The SMILES string of the molecule is CCOC(=O)c1c(S)ncn1C. The minimum atomic E-state index is -0.387. The van der Waals surface area contributed by atoms with Crippen LogP contribution in [-0.2, 0) is 11.8 Å². The van der Waals surface area contributed by atoms with Crippen molar-refractivity contribution in [3.05, 3.63) is 12.0 Å². The zero-order valence-electron chi connectivity index (χ0n) is 6.94. The molecule has 0 saturated carbocycles. The highest BCUT2D eigenvalue weighted by Gasteiger charge is 2.15. The molecule has 1 heterocycles. The van der Waals surface area contributed by atoms with Gasteiger partial charge in [-0.3, -0.25) is 0 Å². The van der Waals surface area contributed by atoms with Gasteiger partial charge in [0.05, 0.1) is 12.9 Å². The summed E-state index contributed by atoms with van der Waals surface area (Å²) in [5.41, 5.74) is 0.389. The van der Waals surface area contributed by atoms with Gasteiger partial charge < -0.3 is 9.30 Å². The molecular weight excluding hydrogens is 176 g/mol. The Morgan fingerprint density at radius 3 is 2.92 bits per heavy atom. The molecule has 4 nitrogen and oxygen atoms in total. The van der Waals surface area contributed by atoms with Crippen LogP contribution in [-0.4, -0.2) is 22.1 Å². The average Bonchev–Trinajstić information content (AvgIpc) is 2.32. The minimum Gasteiger partial charge on any atom is -0.461 e. The molecule has 1 rings (SSSR count). The van der Waals surface area contributed by atoms with Crippen LogP contribution < -0.4 is 0 Å². The van der Waals surface area contributed by atoms with E-state index in [0.717, 1.165) is 0 Å². The van der Waals surface area contributed by atoms with Crippen LogP contribution in [0, 0.1) is 0 Å². The van der Waals surface area contributed by atoms with Gasteiger partial charge in [-0.1, -0.05) is 0 Å². The van der Waals surface area contributed by atoms with Crippen molar-refractivity contribution in [3.8, 4) is 0 Å². The Balaban J connectivity index is 2.93. The second-order valence-electron chi connectivity index (χ2n) is 2.25. The van der Waals surface area contributed by atoms with Crippen LogP contribution in [0.1, 0.15) is 17.4 Å². The van der Waals surface area contributed by atoms with Crippen LogP contribution >= 0.6 is 12.6 Å². The summed E-state index contributed by atoms with van der Waals surface area (Å²) in [6.07, 6.45) is 1.52. The number of ether oxygens (including phenoxy) is 1. The Labute approximate surface area is 76.0 Å². The third-order valence-electron chi connectivity index (χ3n) is 1.39. The number of esters is 1. The molecule has 0 aliphatic carbocycles. The van der Waals surface area contributed by atoms with E-state index in [4.69, 9.17) is 4.74 Å². The van der Waals surface area contributed by atoms with E-state index < -0.39 is 0 Å². The second kappa shape index (κ2) is 3.62. The molecule has 0 fully saturated rings.